The number of nitrogen functional groups attached to an aromatic ring is 1. The van der Waals surface area contributed by atoms with Crippen molar-refractivity contribution in [2.75, 3.05) is 11.1 Å². The van der Waals surface area contributed by atoms with Crippen LogP contribution < -0.4 is 11.1 Å². The van der Waals surface area contributed by atoms with Gasteiger partial charge in [0.1, 0.15) is 5.69 Å². The van der Waals surface area contributed by atoms with E-state index in [0.717, 1.165) is 6.07 Å². The quantitative estimate of drug-likeness (QED) is 0.508. The van der Waals surface area contributed by atoms with Crippen molar-refractivity contribution in [1.82, 2.24) is 0 Å². The van der Waals surface area contributed by atoms with Crippen molar-refractivity contribution >= 4 is 23.0 Å². The molecule has 0 aromatic heterocycles. The van der Waals surface area contributed by atoms with Crippen molar-refractivity contribution in [2.45, 2.75) is 0 Å². The molecule has 0 spiro atoms. The molecule has 3 N–H and O–H groups in total. The molecule has 0 heterocycles. The normalized spacial score (nSPS) is 9.67. The van der Waals surface area contributed by atoms with E-state index >= 15 is 0 Å². The van der Waals surface area contributed by atoms with E-state index in [1.807, 2.05) is 0 Å². The smallest absolute Gasteiger partial charge is 0.294 e. The topological polar surface area (TPSA) is 122 Å². The van der Waals surface area contributed by atoms with Gasteiger partial charge in [-0.3, -0.25) is 14.9 Å². The van der Waals surface area contributed by atoms with E-state index in [1.54, 1.807) is 24.3 Å². The monoisotopic (exact) mass is 282 g/mol. The maximum atomic E-state index is 12.1. The van der Waals surface area contributed by atoms with Gasteiger partial charge in [-0.05, 0) is 24.3 Å². The first kappa shape index (κ1) is 14.0. The number of carbonyl (C=O) groups excluding carboxylic acids is 1. The zero-order valence-corrected chi connectivity index (χ0v) is 10.7. The van der Waals surface area contributed by atoms with Crippen LogP contribution in [0.25, 0.3) is 0 Å². The van der Waals surface area contributed by atoms with E-state index in [4.69, 9.17) is 11.0 Å². The van der Waals surface area contributed by atoms with Gasteiger partial charge in [0.15, 0.2) is 0 Å². The first-order valence-corrected chi connectivity index (χ1v) is 5.87. The fourth-order valence-corrected chi connectivity index (χ4v) is 1.75. The molecule has 0 radical (unpaired) electrons. The molecule has 1 amide bonds. The van der Waals surface area contributed by atoms with Crippen LogP contribution in [0.2, 0.25) is 0 Å². The Morgan fingerprint density at radius 2 is 2.00 bits per heavy atom. The number of nitriles is 1. The van der Waals surface area contributed by atoms with Gasteiger partial charge in [0, 0.05) is 11.8 Å². The third-order valence-electron chi connectivity index (χ3n) is 2.78. The molecule has 0 atom stereocenters. The van der Waals surface area contributed by atoms with Crippen molar-refractivity contribution in [3.8, 4) is 6.07 Å². The highest BCUT2D eigenvalue weighted by molar-refractivity contribution is 6.08. The molecule has 0 bridgehead atoms. The number of carbonyl (C=O) groups is 1. The summed E-state index contributed by atoms with van der Waals surface area (Å²) in [6.07, 6.45) is 0. The largest absolute Gasteiger partial charge is 0.398 e. The molecule has 21 heavy (non-hydrogen) atoms. The summed E-state index contributed by atoms with van der Waals surface area (Å²) in [6, 6.07) is 12.0. The Bertz CT molecular complexity index is 765. The van der Waals surface area contributed by atoms with Crippen LogP contribution >= 0.6 is 0 Å². The van der Waals surface area contributed by atoms with E-state index in [0.29, 0.717) is 0 Å². The van der Waals surface area contributed by atoms with Crippen molar-refractivity contribution in [1.29, 1.82) is 5.26 Å². The third-order valence-corrected chi connectivity index (χ3v) is 2.78. The molecule has 0 aliphatic carbocycles. The lowest BCUT2D eigenvalue weighted by molar-refractivity contribution is -0.383. The number of para-hydroxylation sites is 1. The number of hydrogen-bond donors (Lipinski definition) is 2. The van der Waals surface area contributed by atoms with Crippen molar-refractivity contribution < 1.29 is 9.72 Å². The Balaban J connectivity index is 2.36. The second-order valence-corrected chi connectivity index (χ2v) is 4.14. The van der Waals surface area contributed by atoms with E-state index in [2.05, 4.69) is 5.32 Å². The number of hydrogen-bond acceptors (Lipinski definition) is 5. The molecule has 0 unspecified atom stereocenters. The number of rotatable bonds is 3. The van der Waals surface area contributed by atoms with Gasteiger partial charge < -0.3 is 11.1 Å². The van der Waals surface area contributed by atoms with Crippen LogP contribution in [-0.2, 0) is 0 Å². The molecule has 0 saturated heterocycles. The number of benzene rings is 2. The molecule has 0 aliphatic heterocycles. The summed E-state index contributed by atoms with van der Waals surface area (Å²) in [4.78, 5) is 22.4. The minimum atomic E-state index is -0.662. The molecular weight excluding hydrogens is 272 g/mol. The number of nitrogens with one attached hydrogen (secondary N) is 1. The number of nitrogens with two attached hydrogens (primary N) is 1. The highest BCUT2D eigenvalue weighted by Gasteiger charge is 2.18. The van der Waals surface area contributed by atoms with Crippen molar-refractivity contribution in [2.24, 2.45) is 0 Å². The summed E-state index contributed by atoms with van der Waals surface area (Å²) in [5.74, 6) is -0.555. The van der Waals surface area contributed by atoms with Crippen LogP contribution in [0, 0.1) is 21.4 Å². The minimum absolute atomic E-state index is 0.00672. The van der Waals surface area contributed by atoms with Gasteiger partial charge in [0.25, 0.3) is 11.6 Å². The van der Waals surface area contributed by atoms with Crippen molar-refractivity contribution in [3.63, 3.8) is 0 Å². The predicted molar refractivity (Wildman–Crippen MR) is 76.6 cm³/mol. The van der Waals surface area contributed by atoms with Gasteiger partial charge in [-0.25, -0.2) is 0 Å². The number of nitro benzene ring substituents is 1. The molecule has 104 valence electrons. The van der Waals surface area contributed by atoms with E-state index in [1.165, 1.54) is 18.2 Å². The average molecular weight is 282 g/mol. The fraction of sp³-hybridized carbons (Fsp3) is 0. The lowest BCUT2D eigenvalue weighted by Gasteiger charge is -2.08. The molecule has 0 saturated carbocycles. The SMILES string of the molecule is N#Cc1ccc(NC(=O)c2ccccc2N)c([N+](=O)[O-])c1. The number of nitro groups is 1. The standard InChI is InChI=1S/C14H10N4O3/c15-8-9-5-6-12(13(7-9)18(20)21)17-14(19)10-3-1-2-4-11(10)16/h1-7H,16H2,(H,17,19). The summed E-state index contributed by atoms with van der Waals surface area (Å²) in [6.45, 7) is 0. The predicted octanol–water partition coefficient (Wildman–Crippen LogP) is 2.30. The fourth-order valence-electron chi connectivity index (χ4n) is 1.75. The zero-order chi connectivity index (χ0) is 15.4. The van der Waals surface area contributed by atoms with Gasteiger partial charge in [-0.2, -0.15) is 5.26 Å². The summed E-state index contributed by atoms with van der Waals surface area (Å²) in [5, 5.41) is 22.2. The Hall–Kier alpha value is -3.40. The number of nitrogens with zero attached hydrogens (tertiary/aromatic N) is 2. The molecule has 7 nitrogen and oxygen atoms in total. The highest BCUT2D eigenvalue weighted by Crippen LogP contribution is 2.26. The number of amides is 1. The molecule has 2 aromatic carbocycles. The van der Waals surface area contributed by atoms with E-state index in [9.17, 15) is 14.9 Å². The first-order chi connectivity index (χ1) is 10.0. The van der Waals surface area contributed by atoms with Crippen LogP contribution in [-0.4, -0.2) is 10.8 Å². The van der Waals surface area contributed by atoms with Gasteiger partial charge in [-0.1, -0.05) is 12.1 Å². The maximum absolute atomic E-state index is 12.1. The van der Waals surface area contributed by atoms with Crippen LogP contribution in [0.3, 0.4) is 0 Å². The second kappa shape index (κ2) is 5.71. The Kier molecular flexibility index (Phi) is 3.81. The zero-order valence-electron chi connectivity index (χ0n) is 10.7. The Labute approximate surface area is 119 Å². The van der Waals surface area contributed by atoms with Crippen LogP contribution in [0.5, 0.6) is 0 Å². The van der Waals surface area contributed by atoms with Gasteiger partial charge in [0.2, 0.25) is 0 Å². The Morgan fingerprint density at radius 1 is 1.29 bits per heavy atom. The third kappa shape index (κ3) is 2.96. The number of anilines is 2. The van der Waals surface area contributed by atoms with Gasteiger partial charge in [0.05, 0.1) is 22.1 Å². The van der Waals surface area contributed by atoms with Gasteiger partial charge >= 0.3 is 0 Å². The maximum Gasteiger partial charge on any atom is 0.294 e. The molecule has 0 aliphatic rings. The second-order valence-electron chi connectivity index (χ2n) is 4.14. The lowest BCUT2D eigenvalue weighted by Crippen LogP contribution is -2.15. The average Bonchev–Trinajstić information content (AvgIpc) is 2.47. The molecular formula is C14H10N4O3. The van der Waals surface area contributed by atoms with E-state index < -0.39 is 10.8 Å². The van der Waals surface area contributed by atoms with E-state index in [-0.39, 0.29) is 28.2 Å². The van der Waals surface area contributed by atoms with Crippen LogP contribution in [0.4, 0.5) is 17.1 Å². The first-order valence-electron chi connectivity index (χ1n) is 5.87. The summed E-state index contributed by atoms with van der Waals surface area (Å²) in [7, 11) is 0. The molecule has 0 fully saturated rings. The summed E-state index contributed by atoms with van der Waals surface area (Å²) < 4.78 is 0. The molecule has 7 heteroatoms. The van der Waals surface area contributed by atoms with Crippen LogP contribution in [0.15, 0.2) is 42.5 Å². The van der Waals surface area contributed by atoms with Crippen LogP contribution in [0.1, 0.15) is 15.9 Å². The lowest BCUT2D eigenvalue weighted by atomic mass is 10.1. The van der Waals surface area contributed by atoms with Gasteiger partial charge in [-0.15, -0.1) is 0 Å². The van der Waals surface area contributed by atoms with Crippen molar-refractivity contribution in [3.05, 3.63) is 63.7 Å². The summed E-state index contributed by atoms with van der Waals surface area (Å²) in [5.41, 5.74) is 5.96. The Morgan fingerprint density at radius 3 is 2.62 bits per heavy atom. The summed E-state index contributed by atoms with van der Waals surface area (Å²) >= 11 is 0. The highest BCUT2D eigenvalue weighted by atomic mass is 16.6. The molecule has 2 aromatic rings. The minimum Gasteiger partial charge on any atom is -0.398 e. The molecule has 2 rings (SSSR count).